The van der Waals surface area contributed by atoms with Crippen LogP contribution in [0.3, 0.4) is 0 Å². The minimum atomic E-state index is -4.56. The predicted octanol–water partition coefficient (Wildman–Crippen LogP) is 5.83. The largest absolute Gasteiger partial charge is 0.416 e. The van der Waals surface area contributed by atoms with Crippen molar-refractivity contribution in [3.05, 3.63) is 93.8 Å². The van der Waals surface area contributed by atoms with Crippen LogP contribution in [0.2, 0.25) is 0 Å². The second kappa shape index (κ2) is 15.1. The van der Waals surface area contributed by atoms with Crippen molar-refractivity contribution in [2.75, 3.05) is 19.6 Å². The molecule has 0 heterocycles. The van der Waals surface area contributed by atoms with Crippen LogP contribution in [-0.4, -0.2) is 47.6 Å². The molecule has 0 aliphatic heterocycles. The molecule has 0 spiro atoms. The highest BCUT2D eigenvalue weighted by Crippen LogP contribution is 2.45. The van der Waals surface area contributed by atoms with Gasteiger partial charge in [-0.1, -0.05) is 49.8 Å². The van der Waals surface area contributed by atoms with Gasteiger partial charge >= 0.3 is 6.18 Å². The fourth-order valence-electron chi connectivity index (χ4n) is 5.93. The van der Waals surface area contributed by atoms with Gasteiger partial charge in [0.25, 0.3) is 0 Å². The molecule has 0 saturated heterocycles. The van der Waals surface area contributed by atoms with Gasteiger partial charge in [-0.3, -0.25) is 9.59 Å². The number of nitrogens with one attached hydrogen (secondary N) is 1. The maximum Gasteiger partial charge on any atom is 0.416 e. The summed E-state index contributed by atoms with van der Waals surface area (Å²) >= 11 is 0. The molecule has 2 amide bonds. The zero-order chi connectivity index (χ0) is 33.5. The predicted molar refractivity (Wildman–Crippen MR) is 158 cm³/mol. The number of hydrogen-bond donors (Lipinski definition) is 3. The summed E-state index contributed by atoms with van der Waals surface area (Å²) in [5.74, 6) is -6.50. The van der Waals surface area contributed by atoms with E-state index in [9.17, 15) is 41.0 Å². The summed E-state index contributed by atoms with van der Waals surface area (Å²) in [6, 6.07) is 5.68. The number of nitrogens with two attached hydrogens (primary N) is 1. The van der Waals surface area contributed by atoms with Gasteiger partial charge in [-0.15, -0.1) is 0 Å². The first kappa shape index (κ1) is 35.8. The van der Waals surface area contributed by atoms with Crippen LogP contribution < -0.4 is 11.1 Å². The Morgan fingerprint density at radius 3 is 2.36 bits per heavy atom. The van der Waals surface area contributed by atoms with E-state index in [1.54, 1.807) is 17.9 Å². The molecular weight excluding hydrogens is 600 g/mol. The van der Waals surface area contributed by atoms with Crippen LogP contribution in [0.1, 0.15) is 56.7 Å². The molecule has 12 heteroatoms. The summed E-state index contributed by atoms with van der Waals surface area (Å²) in [5, 5.41) is 14.4. The van der Waals surface area contributed by atoms with E-state index in [1.807, 2.05) is 13.8 Å². The van der Waals surface area contributed by atoms with Gasteiger partial charge in [-0.05, 0) is 55.9 Å². The summed E-state index contributed by atoms with van der Waals surface area (Å²) in [6.07, 6.45) is -2.46. The van der Waals surface area contributed by atoms with Crippen molar-refractivity contribution in [3.63, 3.8) is 0 Å². The van der Waals surface area contributed by atoms with E-state index >= 15 is 0 Å². The van der Waals surface area contributed by atoms with Crippen molar-refractivity contribution >= 4 is 11.8 Å². The number of halogens is 6. The number of carbonyl (C=O) groups is 2. The molecule has 0 aromatic heterocycles. The topological polar surface area (TPSA) is 95.7 Å². The number of rotatable bonds is 14. The maximum atomic E-state index is 14.9. The normalized spacial score (nSPS) is 18.2. The van der Waals surface area contributed by atoms with Crippen molar-refractivity contribution in [2.24, 2.45) is 17.1 Å². The van der Waals surface area contributed by atoms with E-state index < -0.39 is 64.5 Å². The Morgan fingerprint density at radius 2 is 1.76 bits per heavy atom. The summed E-state index contributed by atoms with van der Waals surface area (Å²) in [7, 11) is 0. The molecule has 1 unspecified atom stereocenters. The lowest BCUT2D eigenvalue weighted by Gasteiger charge is -2.42. The molecule has 4 N–H and O–H groups in total. The highest BCUT2D eigenvalue weighted by molar-refractivity contribution is 5.97. The molecule has 0 fully saturated rings. The first-order chi connectivity index (χ1) is 21.1. The quantitative estimate of drug-likeness (QED) is 0.179. The van der Waals surface area contributed by atoms with Crippen molar-refractivity contribution < 1.29 is 41.0 Å². The molecule has 1 aliphatic carbocycles. The first-order valence-electron chi connectivity index (χ1n) is 14.8. The molecule has 2 aromatic rings. The van der Waals surface area contributed by atoms with Crippen molar-refractivity contribution in [2.45, 2.75) is 65.3 Å². The average Bonchev–Trinajstić information content (AvgIpc) is 2.96. The molecule has 0 saturated carbocycles. The number of amides is 2. The van der Waals surface area contributed by atoms with Crippen molar-refractivity contribution in [3.8, 4) is 0 Å². The third-order valence-electron chi connectivity index (χ3n) is 7.95. The highest BCUT2D eigenvalue weighted by Gasteiger charge is 2.49. The van der Waals surface area contributed by atoms with Gasteiger partial charge in [0.1, 0.15) is 5.82 Å². The molecule has 0 bridgehead atoms. The third-order valence-corrected chi connectivity index (χ3v) is 7.95. The molecule has 246 valence electrons. The van der Waals surface area contributed by atoms with Crippen LogP contribution in [-0.2, 0) is 28.7 Å². The first-order valence-corrected chi connectivity index (χ1v) is 14.8. The van der Waals surface area contributed by atoms with Gasteiger partial charge in [0, 0.05) is 43.7 Å². The Hall–Kier alpha value is -3.64. The fraction of sp³-hybridized carbons (Fsp3) is 0.455. The summed E-state index contributed by atoms with van der Waals surface area (Å²) in [6.45, 7) is 5.94. The van der Waals surface area contributed by atoms with Crippen LogP contribution in [0.25, 0.3) is 0 Å². The highest BCUT2D eigenvalue weighted by atomic mass is 19.4. The number of allylic oxidation sites excluding steroid dienone is 2. The molecule has 45 heavy (non-hydrogen) atoms. The second-order valence-electron chi connectivity index (χ2n) is 11.5. The Morgan fingerprint density at radius 1 is 1.09 bits per heavy atom. The Balaban J connectivity index is 2.01. The van der Waals surface area contributed by atoms with E-state index in [0.29, 0.717) is 37.6 Å². The average molecular weight is 640 g/mol. The monoisotopic (exact) mass is 639 g/mol. The summed E-state index contributed by atoms with van der Waals surface area (Å²) < 4.78 is 82.9. The number of carbonyl (C=O) groups excluding carboxylic acids is 2. The number of hydrogen-bond acceptors (Lipinski definition) is 4. The second-order valence-corrected chi connectivity index (χ2v) is 11.5. The summed E-state index contributed by atoms with van der Waals surface area (Å²) in [5.41, 5.74) is 3.82. The number of benzene rings is 2. The molecule has 1 aliphatic rings. The van der Waals surface area contributed by atoms with Crippen molar-refractivity contribution in [1.82, 2.24) is 10.2 Å². The lowest BCUT2D eigenvalue weighted by atomic mass is 9.63. The Labute approximate surface area is 259 Å². The molecule has 2 aromatic carbocycles. The number of aliphatic hydroxyl groups is 1. The number of alkyl halides is 3. The van der Waals surface area contributed by atoms with E-state index in [1.165, 1.54) is 18.2 Å². The number of aliphatic hydroxyl groups excluding tert-OH is 1. The zero-order valence-electron chi connectivity index (χ0n) is 25.5. The van der Waals surface area contributed by atoms with Gasteiger partial charge in [-0.2, -0.15) is 13.2 Å². The van der Waals surface area contributed by atoms with Gasteiger partial charge in [-0.25, -0.2) is 13.2 Å². The minimum absolute atomic E-state index is 0.109. The fourth-order valence-corrected chi connectivity index (χ4v) is 5.93. The van der Waals surface area contributed by atoms with Gasteiger partial charge in [0.2, 0.25) is 11.8 Å². The van der Waals surface area contributed by atoms with Crippen LogP contribution in [0.15, 0.2) is 59.7 Å². The van der Waals surface area contributed by atoms with Crippen LogP contribution in [0, 0.1) is 28.8 Å². The molecule has 3 rings (SSSR count). The Kier molecular flexibility index (Phi) is 12.0. The minimum Gasteiger partial charge on any atom is -0.391 e. The molecular formula is C33H39F6N3O3. The zero-order valence-corrected chi connectivity index (χ0v) is 25.5. The third kappa shape index (κ3) is 8.76. The summed E-state index contributed by atoms with van der Waals surface area (Å²) in [4.78, 5) is 28.6. The number of primary amides is 1. The van der Waals surface area contributed by atoms with Gasteiger partial charge in [0.05, 0.1) is 17.1 Å². The Bertz CT molecular complexity index is 1440. The molecule has 6 nitrogen and oxygen atoms in total. The van der Waals surface area contributed by atoms with Crippen LogP contribution in [0.5, 0.6) is 0 Å². The van der Waals surface area contributed by atoms with E-state index in [2.05, 4.69) is 5.32 Å². The molecule has 0 radical (unpaired) electrons. The van der Waals surface area contributed by atoms with E-state index in [-0.39, 0.29) is 36.6 Å². The van der Waals surface area contributed by atoms with Gasteiger partial charge < -0.3 is 21.1 Å². The van der Waals surface area contributed by atoms with E-state index in [0.717, 1.165) is 18.2 Å². The van der Waals surface area contributed by atoms with Crippen LogP contribution in [0.4, 0.5) is 26.3 Å². The standard InChI is InChI=1S/C33H39F6N3O3/c1-4-9-42(10-5-2)30(44)23-11-20(3)16-32(17-23,31(40)45)26(14-22-13-25(34)15-27(35)29(22)36)28(43)19-41-18-21-7-6-8-24(12-21)33(37,38)39/h6-8,11-13,15-16,26,28,41,43H,4-5,9-10,14,17-19H2,1-3H3,(H2,40,45)/t26-,28+,32?/m1/s1. The maximum absolute atomic E-state index is 14.9. The lowest BCUT2D eigenvalue weighted by Crippen LogP contribution is -2.52. The van der Waals surface area contributed by atoms with E-state index in [4.69, 9.17) is 5.73 Å². The SMILES string of the molecule is CCCN(CCC)C(=O)C1=CC(C)=CC(C(N)=O)([C@H](Cc2cc(F)cc(F)c2F)[C@@H](O)CNCc2cccc(C(F)(F)F)c2)C1. The van der Waals surface area contributed by atoms with Crippen LogP contribution >= 0.6 is 0 Å². The lowest BCUT2D eigenvalue weighted by molar-refractivity contribution is -0.137. The van der Waals surface area contributed by atoms with Crippen molar-refractivity contribution in [1.29, 1.82) is 0 Å². The smallest absolute Gasteiger partial charge is 0.391 e. The number of nitrogens with zero attached hydrogens (tertiary/aromatic N) is 1. The molecule has 3 atom stereocenters. The van der Waals surface area contributed by atoms with Gasteiger partial charge in [0.15, 0.2) is 11.6 Å².